The predicted molar refractivity (Wildman–Crippen MR) is 125 cm³/mol. The first-order valence-corrected chi connectivity index (χ1v) is 11.4. The standard InChI is InChI=1S/C25H22B2O7/c28-24(17-10-4-1-5-11-17)29-16-20-21-22(32-26(31-20)18-12-6-2-7-13-18)23-25(30-21)34-27(33-23)19-14-8-3-9-15-19/h1-15,20-23,25H,16H2. The van der Waals surface area contributed by atoms with Crippen LogP contribution in [0.5, 0.6) is 0 Å². The Balaban J connectivity index is 1.21. The van der Waals surface area contributed by atoms with Crippen LogP contribution in [-0.4, -0.2) is 57.5 Å². The summed E-state index contributed by atoms with van der Waals surface area (Å²) in [5, 5.41) is 0. The maximum absolute atomic E-state index is 12.5. The maximum Gasteiger partial charge on any atom is 0.496 e. The van der Waals surface area contributed by atoms with Crippen LogP contribution in [0, 0.1) is 0 Å². The molecule has 5 atom stereocenters. The molecule has 3 aromatic rings. The summed E-state index contributed by atoms with van der Waals surface area (Å²) >= 11 is 0. The number of fused-ring (bicyclic) bond motifs is 3. The second kappa shape index (κ2) is 9.37. The number of rotatable bonds is 5. The van der Waals surface area contributed by atoms with Crippen molar-refractivity contribution in [3.63, 3.8) is 0 Å². The number of esters is 1. The van der Waals surface area contributed by atoms with Gasteiger partial charge in [0.25, 0.3) is 0 Å². The third-order valence-corrected chi connectivity index (χ3v) is 6.22. The van der Waals surface area contributed by atoms with E-state index < -0.39 is 50.9 Å². The van der Waals surface area contributed by atoms with Gasteiger partial charge in [-0.15, -0.1) is 0 Å². The van der Waals surface area contributed by atoms with Crippen molar-refractivity contribution in [1.82, 2.24) is 0 Å². The minimum atomic E-state index is -0.649. The average molecular weight is 456 g/mol. The highest BCUT2D eigenvalue weighted by molar-refractivity contribution is 6.62. The lowest BCUT2D eigenvalue weighted by Gasteiger charge is -2.37. The summed E-state index contributed by atoms with van der Waals surface area (Å²) in [5.74, 6) is -0.418. The molecule has 0 spiro atoms. The van der Waals surface area contributed by atoms with Crippen molar-refractivity contribution in [2.45, 2.75) is 30.7 Å². The van der Waals surface area contributed by atoms with E-state index >= 15 is 0 Å². The second-order valence-corrected chi connectivity index (χ2v) is 8.43. The molecule has 3 fully saturated rings. The maximum atomic E-state index is 12.5. The van der Waals surface area contributed by atoms with Gasteiger partial charge in [-0.3, -0.25) is 0 Å². The lowest BCUT2D eigenvalue weighted by Crippen LogP contribution is -2.59. The Morgan fingerprint density at radius 2 is 1.24 bits per heavy atom. The van der Waals surface area contributed by atoms with Crippen LogP contribution < -0.4 is 10.9 Å². The van der Waals surface area contributed by atoms with E-state index in [9.17, 15) is 4.79 Å². The van der Waals surface area contributed by atoms with Crippen LogP contribution in [-0.2, 0) is 28.1 Å². The Morgan fingerprint density at radius 1 is 0.676 bits per heavy atom. The molecule has 34 heavy (non-hydrogen) atoms. The fourth-order valence-corrected chi connectivity index (χ4v) is 4.55. The van der Waals surface area contributed by atoms with Gasteiger partial charge < -0.3 is 28.1 Å². The van der Waals surface area contributed by atoms with E-state index in [1.54, 1.807) is 24.3 Å². The molecule has 0 N–H and O–H groups in total. The van der Waals surface area contributed by atoms with Crippen molar-refractivity contribution in [2.24, 2.45) is 0 Å². The topological polar surface area (TPSA) is 72.5 Å². The average Bonchev–Trinajstić information content (AvgIpc) is 3.47. The van der Waals surface area contributed by atoms with Crippen LogP contribution in [0.4, 0.5) is 0 Å². The molecule has 3 saturated heterocycles. The highest BCUT2D eigenvalue weighted by Gasteiger charge is 2.60. The van der Waals surface area contributed by atoms with E-state index in [4.69, 9.17) is 28.1 Å². The second-order valence-electron chi connectivity index (χ2n) is 8.43. The number of hydrogen-bond acceptors (Lipinski definition) is 7. The summed E-state index contributed by atoms with van der Waals surface area (Å²) in [6.07, 6.45) is -2.54. The third kappa shape index (κ3) is 4.17. The van der Waals surface area contributed by atoms with Crippen LogP contribution in [0.1, 0.15) is 10.4 Å². The van der Waals surface area contributed by atoms with E-state index in [1.807, 2.05) is 66.7 Å². The monoisotopic (exact) mass is 456 g/mol. The summed E-state index contributed by atoms with van der Waals surface area (Å²) in [7, 11) is -1.18. The van der Waals surface area contributed by atoms with Gasteiger partial charge >= 0.3 is 20.2 Å². The number of carbonyl (C=O) groups is 1. The molecule has 9 heteroatoms. The van der Waals surface area contributed by atoms with Crippen LogP contribution in [0.3, 0.4) is 0 Å². The first kappa shape index (κ1) is 21.6. The molecule has 0 aliphatic carbocycles. The van der Waals surface area contributed by atoms with Crippen molar-refractivity contribution in [3.8, 4) is 0 Å². The first-order valence-electron chi connectivity index (χ1n) is 11.4. The molecule has 3 heterocycles. The summed E-state index contributed by atoms with van der Waals surface area (Å²) in [4.78, 5) is 12.5. The van der Waals surface area contributed by atoms with E-state index in [0.29, 0.717) is 5.56 Å². The number of ether oxygens (including phenoxy) is 2. The minimum Gasteiger partial charge on any atom is -0.459 e. The Kier molecular flexibility index (Phi) is 5.95. The molecular weight excluding hydrogens is 434 g/mol. The molecule has 0 aromatic heterocycles. The fourth-order valence-electron chi connectivity index (χ4n) is 4.55. The Bertz CT molecular complexity index is 1120. The van der Waals surface area contributed by atoms with E-state index in [0.717, 1.165) is 10.9 Å². The Hall–Kier alpha value is -2.94. The van der Waals surface area contributed by atoms with Gasteiger partial charge in [-0.25, -0.2) is 4.79 Å². The summed E-state index contributed by atoms with van der Waals surface area (Å²) in [5.41, 5.74) is 2.26. The van der Waals surface area contributed by atoms with Gasteiger partial charge in [-0.2, -0.15) is 0 Å². The molecule has 7 nitrogen and oxygen atoms in total. The van der Waals surface area contributed by atoms with Gasteiger partial charge in [-0.1, -0.05) is 78.9 Å². The molecule has 0 saturated carbocycles. The van der Waals surface area contributed by atoms with Gasteiger partial charge in [0.2, 0.25) is 0 Å². The van der Waals surface area contributed by atoms with E-state index in [1.165, 1.54) is 0 Å². The zero-order valence-electron chi connectivity index (χ0n) is 18.3. The molecule has 0 radical (unpaired) electrons. The zero-order chi connectivity index (χ0) is 22.9. The largest absolute Gasteiger partial charge is 0.496 e. The number of hydrogen-bond donors (Lipinski definition) is 0. The highest BCUT2D eigenvalue weighted by atomic mass is 16.8. The van der Waals surface area contributed by atoms with Crippen molar-refractivity contribution < 1.29 is 32.9 Å². The molecule has 3 aromatic carbocycles. The van der Waals surface area contributed by atoms with Crippen LogP contribution >= 0.6 is 0 Å². The fraction of sp³-hybridized carbons (Fsp3) is 0.240. The molecule has 170 valence electrons. The lowest BCUT2D eigenvalue weighted by atomic mass is 9.76. The molecule has 0 bridgehead atoms. The van der Waals surface area contributed by atoms with Crippen LogP contribution in [0.15, 0.2) is 91.0 Å². The normalized spacial score (nSPS) is 27.8. The summed E-state index contributed by atoms with van der Waals surface area (Å²) in [6.45, 7) is 0.0170. The zero-order valence-corrected chi connectivity index (χ0v) is 18.3. The molecular formula is C25H22B2O7. The van der Waals surface area contributed by atoms with Gasteiger partial charge in [0.1, 0.15) is 31.0 Å². The smallest absolute Gasteiger partial charge is 0.459 e. The number of benzene rings is 3. The molecule has 5 unspecified atom stereocenters. The van der Waals surface area contributed by atoms with E-state index in [2.05, 4.69) is 0 Å². The SMILES string of the molecule is O=C(OCC1OB(c2ccccc2)OC2C1OC1OB(c3ccccc3)OC12)c1ccccc1. The van der Waals surface area contributed by atoms with Crippen molar-refractivity contribution in [1.29, 1.82) is 0 Å². The molecule has 0 amide bonds. The van der Waals surface area contributed by atoms with Crippen LogP contribution in [0.2, 0.25) is 0 Å². The number of carbonyl (C=O) groups excluding carboxylic acids is 1. The Labute approximate surface area is 198 Å². The summed E-state index contributed by atoms with van der Waals surface area (Å²) < 4.78 is 36.6. The van der Waals surface area contributed by atoms with Gasteiger partial charge in [-0.05, 0) is 23.1 Å². The highest BCUT2D eigenvalue weighted by Crippen LogP contribution is 2.38. The molecule has 6 rings (SSSR count). The Morgan fingerprint density at radius 3 is 1.88 bits per heavy atom. The minimum absolute atomic E-state index is 0.0170. The van der Waals surface area contributed by atoms with Gasteiger partial charge in [0.15, 0.2) is 6.29 Å². The van der Waals surface area contributed by atoms with Crippen molar-refractivity contribution >= 4 is 31.1 Å². The van der Waals surface area contributed by atoms with Gasteiger partial charge in [0.05, 0.1) is 5.56 Å². The van der Waals surface area contributed by atoms with Crippen molar-refractivity contribution in [3.05, 3.63) is 96.6 Å². The van der Waals surface area contributed by atoms with Crippen LogP contribution in [0.25, 0.3) is 0 Å². The quantitative estimate of drug-likeness (QED) is 0.427. The predicted octanol–water partition coefficient (Wildman–Crippen LogP) is 1.56. The molecule has 3 aliphatic rings. The van der Waals surface area contributed by atoms with E-state index in [-0.39, 0.29) is 6.61 Å². The summed E-state index contributed by atoms with van der Waals surface area (Å²) in [6, 6.07) is 28.2. The van der Waals surface area contributed by atoms with Gasteiger partial charge in [0, 0.05) is 0 Å². The lowest BCUT2D eigenvalue weighted by molar-refractivity contribution is -0.138. The van der Waals surface area contributed by atoms with Crippen molar-refractivity contribution in [2.75, 3.05) is 6.61 Å². The first-order chi connectivity index (χ1) is 16.8. The third-order valence-electron chi connectivity index (χ3n) is 6.22. The molecule has 3 aliphatic heterocycles.